The predicted molar refractivity (Wildman–Crippen MR) is 59.4 cm³/mol. The van der Waals surface area contributed by atoms with Gasteiger partial charge in [0.15, 0.2) is 0 Å². The predicted octanol–water partition coefficient (Wildman–Crippen LogP) is -0.964. The minimum Gasteiger partial charge on any atom is -0.358 e. The number of hydrogen-bond acceptors (Lipinski definition) is 4. The van der Waals surface area contributed by atoms with Crippen LogP contribution in [-0.2, 0) is 9.59 Å². The fourth-order valence-electron chi connectivity index (χ4n) is 1.07. The van der Waals surface area contributed by atoms with E-state index in [2.05, 4.69) is 5.32 Å². The normalized spacial score (nSPS) is 9.69. The molecule has 0 saturated heterocycles. The first kappa shape index (κ1) is 14.4. The number of nitrogens with zero attached hydrogens (tertiary/aromatic N) is 3. The van der Waals surface area contributed by atoms with Crippen molar-refractivity contribution in [2.45, 2.75) is 6.42 Å². The van der Waals surface area contributed by atoms with Crippen molar-refractivity contribution in [3.63, 3.8) is 0 Å². The highest BCUT2D eigenvalue weighted by atomic mass is 16.2. The van der Waals surface area contributed by atoms with Crippen LogP contribution in [0.1, 0.15) is 6.42 Å². The maximum absolute atomic E-state index is 11.6. The lowest BCUT2D eigenvalue weighted by Crippen LogP contribution is -2.41. The lowest BCUT2D eigenvalue weighted by atomic mass is 10.4. The topological polar surface area (TPSA) is 76.4 Å². The highest BCUT2D eigenvalue weighted by molar-refractivity contribution is 5.80. The summed E-state index contributed by atoms with van der Waals surface area (Å²) in [5.74, 6) is -0.225. The SMILES string of the molecule is CNC(=O)CN(C)CC(=O)N(C)CCC#N. The van der Waals surface area contributed by atoms with Crippen LogP contribution in [0.5, 0.6) is 0 Å². The first-order chi connectivity index (χ1) is 7.51. The van der Waals surface area contributed by atoms with Crippen LogP contribution in [0.25, 0.3) is 0 Å². The zero-order valence-corrected chi connectivity index (χ0v) is 9.99. The molecule has 0 bridgehead atoms. The highest BCUT2D eigenvalue weighted by Crippen LogP contribution is 1.91. The van der Waals surface area contributed by atoms with Gasteiger partial charge in [-0.25, -0.2) is 0 Å². The van der Waals surface area contributed by atoms with Crippen LogP contribution >= 0.6 is 0 Å². The maximum atomic E-state index is 11.6. The van der Waals surface area contributed by atoms with Gasteiger partial charge in [0.2, 0.25) is 11.8 Å². The second kappa shape index (κ2) is 7.65. The van der Waals surface area contributed by atoms with Crippen molar-refractivity contribution >= 4 is 11.8 Å². The third-order valence-corrected chi connectivity index (χ3v) is 2.08. The van der Waals surface area contributed by atoms with Crippen LogP contribution in [0.15, 0.2) is 0 Å². The van der Waals surface area contributed by atoms with Gasteiger partial charge < -0.3 is 10.2 Å². The monoisotopic (exact) mass is 226 g/mol. The summed E-state index contributed by atoms with van der Waals surface area (Å²) in [6.45, 7) is 0.785. The van der Waals surface area contributed by atoms with Gasteiger partial charge in [-0.2, -0.15) is 5.26 Å². The molecule has 90 valence electrons. The minimum absolute atomic E-state index is 0.0957. The van der Waals surface area contributed by atoms with Crippen molar-refractivity contribution in [2.75, 3.05) is 40.8 Å². The molecule has 6 nitrogen and oxygen atoms in total. The van der Waals surface area contributed by atoms with Crippen LogP contribution in [0.2, 0.25) is 0 Å². The van der Waals surface area contributed by atoms with E-state index in [0.29, 0.717) is 13.0 Å². The molecule has 0 fully saturated rings. The van der Waals surface area contributed by atoms with Gasteiger partial charge in [-0.05, 0) is 7.05 Å². The van der Waals surface area contributed by atoms with Crippen molar-refractivity contribution < 1.29 is 9.59 Å². The third kappa shape index (κ3) is 5.98. The Morgan fingerprint density at radius 3 is 2.44 bits per heavy atom. The van der Waals surface area contributed by atoms with E-state index >= 15 is 0 Å². The van der Waals surface area contributed by atoms with E-state index < -0.39 is 0 Å². The summed E-state index contributed by atoms with van der Waals surface area (Å²) in [7, 11) is 4.90. The van der Waals surface area contributed by atoms with Crippen LogP contribution in [-0.4, -0.2) is 62.4 Å². The molecule has 0 aliphatic carbocycles. The number of likely N-dealkylation sites (N-methyl/N-ethyl adjacent to an activating group) is 3. The number of nitrogens with one attached hydrogen (secondary N) is 1. The van der Waals surface area contributed by atoms with E-state index in [9.17, 15) is 9.59 Å². The lowest BCUT2D eigenvalue weighted by molar-refractivity contribution is -0.131. The Hall–Kier alpha value is -1.61. The molecule has 0 rings (SSSR count). The van der Waals surface area contributed by atoms with Crippen LogP contribution < -0.4 is 5.32 Å². The quantitative estimate of drug-likeness (QED) is 0.632. The van der Waals surface area contributed by atoms with Crippen LogP contribution in [0, 0.1) is 11.3 Å². The number of nitriles is 1. The number of carbonyl (C=O) groups is 2. The molecule has 0 aromatic heterocycles. The minimum atomic E-state index is -0.130. The summed E-state index contributed by atoms with van der Waals surface area (Å²) in [5.41, 5.74) is 0. The second-order valence-corrected chi connectivity index (χ2v) is 3.57. The maximum Gasteiger partial charge on any atom is 0.236 e. The van der Waals surface area contributed by atoms with Gasteiger partial charge in [-0.1, -0.05) is 0 Å². The van der Waals surface area contributed by atoms with Gasteiger partial charge in [0.1, 0.15) is 0 Å². The molecule has 0 spiro atoms. The summed E-state index contributed by atoms with van der Waals surface area (Å²) in [6, 6.07) is 1.98. The molecule has 0 aromatic carbocycles. The van der Waals surface area contributed by atoms with E-state index in [1.165, 1.54) is 4.90 Å². The zero-order valence-electron chi connectivity index (χ0n) is 9.99. The number of hydrogen-bond donors (Lipinski definition) is 1. The third-order valence-electron chi connectivity index (χ3n) is 2.08. The first-order valence-corrected chi connectivity index (χ1v) is 5.01. The Kier molecular flexibility index (Phi) is 6.88. The van der Waals surface area contributed by atoms with Gasteiger partial charge in [-0.15, -0.1) is 0 Å². The van der Waals surface area contributed by atoms with Gasteiger partial charge in [-0.3, -0.25) is 14.5 Å². The fraction of sp³-hybridized carbons (Fsp3) is 0.700. The van der Waals surface area contributed by atoms with E-state index in [1.807, 2.05) is 6.07 Å². The Morgan fingerprint density at radius 2 is 1.94 bits per heavy atom. The Labute approximate surface area is 95.8 Å². The molecule has 0 radical (unpaired) electrons. The summed E-state index contributed by atoms with van der Waals surface area (Å²) >= 11 is 0. The zero-order chi connectivity index (χ0) is 12.6. The summed E-state index contributed by atoms with van der Waals surface area (Å²) in [4.78, 5) is 25.7. The Morgan fingerprint density at radius 1 is 1.31 bits per heavy atom. The Balaban J connectivity index is 3.94. The number of carbonyl (C=O) groups excluding carboxylic acids is 2. The molecule has 6 heteroatoms. The molecular weight excluding hydrogens is 208 g/mol. The molecule has 0 aliphatic heterocycles. The average molecular weight is 226 g/mol. The first-order valence-electron chi connectivity index (χ1n) is 5.01. The summed E-state index contributed by atoms with van der Waals surface area (Å²) in [6.07, 6.45) is 0.321. The van der Waals surface area contributed by atoms with Crippen molar-refractivity contribution in [1.82, 2.24) is 15.1 Å². The summed E-state index contributed by atoms with van der Waals surface area (Å²) < 4.78 is 0. The molecule has 2 amide bonds. The van der Waals surface area contributed by atoms with Crippen molar-refractivity contribution in [3.05, 3.63) is 0 Å². The van der Waals surface area contributed by atoms with Crippen LogP contribution in [0.4, 0.5) is 0 Å². The van der Waals surface area contributed by atoms with Gasteiger partial charge in [0, 0.05) is 20.6 Å². The second-order valence-electron chi connectivity index (χ2n) is 3.57. The van der Waals surface area contributed by atoms with Gasteiger partial charge in [0.05, 0.1) is 25.6 Å². The number of rotatable bonds is 6. The van der Waals surface area contributed by atoms with E-state index in [-0.39, 0.29) is 24.9 Å². The molecule has 16 heavy (non-hydrogen) atoms. The van der Waals surface area contributed by atoms with Gasteiger partial charge in [0.25, 0.3) is 0 Å². The molecule has 0 aliphatic rings. The molecule has 1 N–H and O–H groups in total. The van der Waals surface area contributed by atoms with Crippen LogP contribution in [0.3, 0.4) is 0 Å². The molecule has 0 aromatic rings. The molecule has 0 saturated carbocycles. The average Bonchev–Trinajstić information content (AvgIpc) is 2.25. The van der Waals surface area contributed by atoms with E-state index in [4.69, 9.17) is 5.26 Å². The van der Waals surface area contributed by atoms with E-state index in [1.54, 1.807) is 26.0 Å². The molecule has 0 atom stereocenters. The standard InChI is InChI=1S/C10H18N4O2/c1-12-9(15)7-13(2)8-10(16)14(3)6-4-5-11/h4,6-8H2,1-3H3,(H,12,15). The smallest absolute Gasteiger partial charge is 0.236 e. The lowest BCUT2D eigenvalue weighted by Gasteiger charge is -2.20. The summed E-state index contributed by atoms with van der Waals surface area (Å²) in [5, 5.41) is 10.9. The Bertz CT molecular complexity index is 285. The van der Waals surface area contributed by atoms with Crippen molar-refractivity contribution in [2.24, 2.45) is 0 Å². The fourth-order valence-corrected chi connectivity index (χ4v) is 1.07. The van der Waals surface area contributed by atoms with Crippen molar-refractivity contribution in [1.29, 1.82) is 5.26 Å². The van der Waals surface area contributed by atoms with Gasteiger partial charge >= 0.3 is 0 Å². The highest BCUT2D eigenvalue weighted by Gasteiger charge is 2.12. The largest absolute Gasteiger partial charge is 0.358 e. The molecular formula is C10H18N4O2. The number of amides is 2. The molecule has 0 unspecified atom stereocenters. The van der Waals surface area contributed by atoms with E-state index in [0.717, 1.165) is 0 Å². The molecule has 0 heterocycles. The van der Waals surface area contributed by atoms with Crippen molar-refractivity contribution in [3.8, 4) is 6.07 Å².